The molecular weight excluding hydrogens is 132 g/mol. The van der Waals surface area contributed by atoms with Gasteiger partial charge in [0.2, 0.25) is 5.91 Å². The summed E-state index contributed by atoms with van der Waals surface area (Å²) in [5, 5.41) is 3.12. The van der Waals surface area contributed by atoms with Gasteiger partial charge in [0.1, 0.15) is 5.66 Å². The SMILES string of the molecule is CN1C(=O)CNC12COC2. The number of hydrogen-bond acceptors (Lipinski definition) is 3. The minimum atomic E-state index is -0.142. The molecule has 4 heteroatoms. The summed E-state index contributed by atoms with van der Waals surface area (Å²) in [5.74, 6) is 0.156. The molecule has 0 aromatic heterocycles. The standard InChI is InChI=1S/C6H10N2O2/c1-8-5(9)2-7-6(8)3-10-4-6/h7H,2-4H2,1H3. The first-order valence-corrected chi connectivity index (χ1v) is 3.34. The summed E-state index contributed by atoms with van der Waals surface area (Å²) in [4.78, 5) is 12.7. The van der Waals surface area contributed by atoms with Crippen molar-refractivity contribution < 1.29 is 9.53 Å². The van der Waals surface area contributed by atoms with Gasteiger partial charge >= 0.3 is 0 Å². The van der Waals surface area contributed by atoms with Gasteiger partial charge in [0.15, 0.2) is 0 Å². The first-order valence-electron chi connectivity index (χ1n) is 3.34. The lowest BCUT2D eigenvalue weighted by Gasteiger charge is -2.42. The number of ether oxygens (including phenoxy) is 1. The first-order chi connectivity index (χ1) is 4.75. The minimum Gasteiger partial charge on any atom is -0.374 e. The number of hydrogen-bond donors (Lipinski definition) is 1. The van der Waals surface area contributed by atoms with E-state index in [-0.39, 0.29) is 11.6 Å². The maximum absolute atomic E-state index is 11.0. The van der Waals surface area contributed by atoms with Crippen molar-refractivity contribution in [2.24, 2.45) is 0 Å². The Bertz CT molecular complexity index is 177. The molecule has 2 rings (SSSR count). The van der Waals surface area contributed by atoms with Crippen LogP contribution in [-0.2, 0) is 9.53 Å². The van der Waals surface area contributed by atoms with Crippen molar-refractivity contribution in [2.45, 2.75) is 5.66 Å². The Balaban J connectivity index is 2.17. The molecule has 2 saturated heterocycles. The Morgan fingerprint density at radius 1 is 1.70 bits per heavy atom. The molecule has 56 valence electrons. The van der Waals surface area contributed by atoms with E-state index in [0.717, 1.165) is 0 Å². The minimum absolute atomic E-state index is 0.142. The van der Waals surface area contributed by atoms with Crippen molar-refractivity contribution >= 4 is 5.91 Å². The monoisotopic (exact) mass is 142 g/mol. The molecule has 1 spiro atoms. The molecule has 0 saturated carbocycles. The number of rotatable bonds is 0. The van der Waals surface area contributed by atoms with Gasteiger partial charge in [-0.1, -0.05) is 0 Å². The van der Waals surface area contributed by atoms with Gasteiger partial charge < -0.3 is 9.64 Å². The van der Waals surface area contributed by atoms with Gasteiger partial charge in [0.25, 0.3) is 0 Å². The van der Waals surface area contributed by atoms with Crippen molar-refractivity contribution in [3.8, 4) is 0 Å². The third kappa shape index (κ3) is 0.552. The molecule has 2 heterocycles. The Morgan fingerprint density at radius 2 is 2.40 bits per heavy atom. The Morgan fingerprint density at radius 3 is 2.60 bits per heavy atom. The van der Waals surface area contributed by atoms with E-state index in [0.29, 0.717) is 19.8 Å². The van der Waals surface area contributed by atoms with E-state index < -0.39 is 0 Å². The number of nitrogens with one attached hydrogen (secondary N) is 1. The van der Waals surface area contributed by atoms with Gasteiger partial charge in [-0.2, -0.15) is 0 Å². The van der Waals surface area contributed by atoms with Crippen LogP contribution in [0.3, 0.4) is 0 Å². The number of carbonyl (C=O) groups is 1. The predicted molar refractivity (Wildman–Crippen MR) is 34.3 cm³/mol. The second-order valence-electron chi connectivity index (χ2n) is 2.83. The fourth-order valence-electron chi connectivity index (χ4n) is 1.31. The van der Waals surface area contributed by atoms with Crippen LogP contribution in [0.1, 0.15) is 0 Å². The lowest BCUT2D eigenvalue weighted by molar-refractivity contribution is -0.151. The highest BCUT2D eigenvalue weighted by Crippen LogP contribution is 2.24. The van der Waals surface area contributed by atoms with Crippen molar-refractivity contribution in [2.75, 3.05) is 26.8 Å². The van der Waals surface area contributed by atoms with Gasteiger partial charge in [-0.05, 0) is 0 Å². The molecule has 4 nitrogen and oxygen atoms in total. The van der Waals surface area contributed by atoms with Gasteiger partial charge in [0.05, 0.1) is 19.8 Å². The molecule has 10 heavy (non-hydrogen) atoms. The van der Waals surface area contributed by atoms with Crippen LogP contribution < -0.4 is 5.32 Å². The molecule has 2 aliphatic rings. The number of amides is 1. The second kappa shape index (κ2) is 1.71. The summed E-state index contributed by atoms with van der Waals surface area (Å²) in [7, 11) is 1.81. The summed E-state index contributed by atoms with van der Waals surface area (Å²) in [5.41, 5.74) is -0.142. The zero-order chi connectivity index (χ0) is 7.19. The zero-order valence-corrected chi connectivity index (χ0v) is 5.89. The fraction of sp³-hybridized carbons (Fsp3) is 0.833. The van der Waals surface area contributed by atoms with Crippen molar-refractivity contribution in [3.63, 3.8) is 0 Å². The van der Waals surface area contributed by atoms with E-state index in [2.05, 4.69) is 5.32 Å². The van der Waals surface area contributed by atoms with E-state index >= 15 is 0 Å². The number of carbonyl (C=O) groups excluding carboxylic acids is 1. The highest BCUT2D eigenvalue weighted by molar-refractivity contribution is 5.81. The van der Waals surface area contributed by atoms with Crippen molar-refractivity contribution in [3.05, 3.63) is 0 Å². The van der Waals surface area contributed by atoms with E-state index in [9.17, 15) is 4.79 Å². The Labute approximate surface area is 59.1 Å². The average Bonchev–Trinajstić information content (AvgIpc) is 2.10. The van der Waals surface area contributed by atoms with Gasteiger partial charge in [-0.15, -0.1) is 0 Å². The number of likely N-dealkylation sites (N-methyl/N-ethyl adjacent to an activating group) is 1. The molecule has 0 atom stereocenters. The lowest BCUT2D eigenvalue weighted by Crippen LogP contribution is -2.64. The summed E-state index contributed by atoms with van der Waals surface area (Å²) < 4.78 is 5.02. The van der Waals surface area contributed by atoms with Crippen LogP contribution in [-0.4, -0.2) is 43.3 Å². The largest absolute Gasteiger partial charge is 0.374 e. The molecule has 0 aromatic rings. The van der Waals surface area contributed by atoms with Crippen LogP contribution in [0.5, 0.6) is 0 Å². The van der Waals surface area contributed by atoms with Crippen LogP contribution in [0.4, 0.5) is 0 Å². The van der Waals surface area contributed by atoms with Crippen LogP contribution in [0.25, 0.3) is 0 Å². The van der Waals surface area contributed by atoms with Crippen LogP contribution in [0, 0.1) is 0 Å². The molecule has 2 aliphatic heterocycles. The molecule has 2 fully saturated rings. The van der Waals surface area contributed by atoms with Gasteiger partial charge in [0, 0.05) is 7.05 Å². The van der Waals surface area contributed by atoms with E-state index in [1.54, 1.807) is 4.90 Å². The lowest BCUT2D eigenvalue weighted by atomic mass is 10.1. The summed E-state index contributed by atoms with van der Waals surface area (Å²) in [6.07, 6.45) is 0. The average molecular weight is 142 g/mol. The predicted octanol–water partition coefficient (Wildman–Crippen LogP) is -1.23. The van der Waals surface area contributed by atoms with Crippen LogP contribution in [0.15, 0.2) is 0 Å². The maximum atomic E-state index is 11.0. The highest BCUT2D eigenvalue weighted by Gasteiger charge is 2.48. The molecular formula is C6H10N2O2. The molecule has 0 radical (unpaired) electrons. The normalized spacial score (nSPS) is 29.3. The quantitative estimate of drug-likeness (QED) is 0.460. The Kier molecular flexibility index (Phi) is 1.04. The van der Waals surface area contributed by atoms with Crippen LogP contribution in [0.2, 0.25) is 0 Å². The third-order valence-corrected chi connectivity index (χ3v) is 2.27. The first kappa shape index (κ1) is 6.12. The molecule has 0 unspecified atom stereocenters. The van der Waals surface area contributed by atoms with Gasteiger partial charge in [-0.25, -0.2) is 0 Å². The van der Waals surface area contributed by atoms with Crippen molar-refractivity contribution in [1.82, 2.24) is 10.2 Å². The molecule has 0 aromatic carbocycles. The number of nitrogens with zero attached hydrogens (tertiary/aromatic N) is 1. The summed E-state index contributed by atoms with van der Waals surface area (Å²) in [6.45, 7) is 1.73. The highest BCUT2D eigenvalue weighted by atomic mass is 16.5. The van der Waals surface area contributed by atoms with E-state index in [1.807, 2.05) is 7.05 Å². The fourth-order valence-corrected chi connectivity index (χ4v) is 1.31. The van der Waals surface area contributed by atoms with Crippen LogP contribution >= 0.6 is 0 Å². The van der Waals surface area contributed by atoms with E-state index in [4.69, 9.17) is 4.74 Å². The molecule has 1 amide bonds. The van der Waals surface area contributed by atoms with Crippen molar-refractivity contribution in [1.29, 1.82) is 0 Å². The second-order valence-corrected chi connectivity index (χ2v) is 2.83. The third-order valence-electron chi connectivity index (χ3n) is 2.27. The summed E-state index contributed by atoms with van der Waals surface area (Å²) >= 11 is 0. The molecule has 0 aliphatic carbocycles. The Hall–Kier alpha value is -0.610. The molecule has 0 bridgehead atoms. The summed E-state index contributed by atoms with van der Waals surface area (Å²) in [6, 6.07) is 0. The maximum Gasteiger partial charge on any atom is 0.237 e. The molecule has 1 N–H and O–H groups in total. The topological polar surface area (TPSA) is 41.6 Å². The zero-order valence-electron chi connectivity index (χ0n) is 5.89. The van der Waals surface area contributed by atoms with E-state index in [1.165, 1.54) is 0 Å². The smallest absolute Gasteiger partial charge is 0.237 e. The van der Waals surface area contributed by atoms with Gasteiger partial charge in [-0.3, -0.25) is 10.1 Å².